The molecule has 2 aromatic carbocycles. The van der Waals surface area contributed by atoms with Gasteiger partial charge in [-0.2, -0.15) is 0 Å². The molecule has 1 aliphatic rings. The zero-order chi connectivity index (χ0) is 20.6. The lowest BCUT2D eigenvalue weighted by atomic mass is 10.0. The highest BCUT2D eigenvalue weighted by molar-refractivity contribution is 5.92. The maximum atomic E-state index is 12.3. The van der Waals surface area contributed by atoms with Crippen molar-refractivity contribution in [1.29, 1.82) is 0 Å². The van der Waals surface area contributed by atoms with E-state index in [0.29, 0.717) is 50.1 Å². The van der Waals surface area contributed by atoms with E-state index < -0.39 is 0 Å². The lowest BCUT2D eigenvalue weighted by Crippen LogP contribution is -2.41. The first-order valence-electron chi connectivity index (χ1n) is 9.98. The molecule has 1 fully saturated rings. The van der Waals surface area contributed by atoms with Gasteiger partial charge in [0.1, 0.15) is 5.75 Å². The summed E-state index contributed by atoms with van der Waals surface area (Å²) in [5, 5.41) is 2.81. The normalized spacial score (nSPS) is 14.0. The van der Waals surface area contributed by atoms with Gasteiger partial charge in [-0.3, -0.25) is 9.59 Å². The summed E-state index contributed by atoms with van der Waals surface area (Å²) in [6, 6.07) is 15.1. The first kappa shape index (κ1) is 20.9. The number of benzene rings is 2. The van der Waals surface area contributed by atoms with E-state index in [2.05, 4.69) is 19.2 Å². The molecule has 1 aliphatic heterocycles. The molecule has 0 aromatic heterocycles. The van der Waals surface area contributed by atoms with Gasteiger partial charge in [-0.25, -0.2) is 0 Å². The fourth-order valence-corrected chi connectivity index (χ4v) is 3.10. The summed E-state index contributed by atoms with van der Waals surface area (Å²) in [6.07, 6.45) is 0.351. The molecule has 0 atom stereocenters. The van der Waals surface area contributed by atoms with Gasteiger partial charge in [0.2, 0.25) is 5.91 Å². The molecule has 6 heteroatoms. The molecular formula is C23H28N2O4. The van der Waals surface area contributed by atoms with Crippen molar-refractivity contribution in [3.05, 3.63) is 59.7 Å². The van der Waals surface area contributed by atoms with Crippen LogP contribution in [0.25, 0.3) is 0 Å². The van der Waals surface area contributed by atoms with E-state index >= 15 is 0 Å². The van der Waals surface area contributed by atoms with Crippen LogP contribution in [0.15, 0.2) is 48.5 Å². The van der Waals surface area contributed by atoms with Gasteiger partial charge in [0.15, 0.2) is 6.61 Å². The molecule has 0 saturated carbocycles. The lowest BCUT2D eigenvalue weighted by Gasteiger charge is -2.26. The van der Waals surface area contributed by atoms with Crippen molar-refractivity contribution in [2.75, 3.05) is 38.2 Å². The molecule has 0 unspecified atom stereocenters. The van der Waals surface area contributed by atoms with E-state index in [1.54, 1.807) is 12.1 Å². The van der Waals surface area contributed by atoms with Crippen molar-refractivity contribution >= 4 is 17.5 Å². The molecule has 29 heavy (non-hydrogen) atoms. The van der Waals surface area contributed by atoms with Gasteiger partial charge in [-0.05, 0) is 41.3 Å². The van der Waals surface area contributed by atoms with E-state index in [1.165, 1.54) is 5.56 Å². The first-order chi connectivity index (χ1) is 14.0. The summed E-state index contributed by atoms with van der Waals surface area (Å²) in [7, 11) is 0. The predicted octanol–water partition coefficient (Wildman–Crippen LogP) is 3.23. The standard InChI is InChI=1S/C23H28N2O4/c1-17(2)19-5-9-21(10-6-19)29-16-22(26)24-20-7-3-18(4-8-20)15-23(27)25-11-13-28-14-12-25/h3-10,17H,11-16H2,1-2H3,(H,24,26). The van der Waals surface area contributed by atoms with Gasteiger partial charge >= 0.3 is 0 Å². The van der Waals surface area contributed by atoms with Crippen LogP contribution in [-0.4, -0.2) is 49.6 Å². The van der Waals surface area contributed by atoms with Gasteiger partial charge in [-0.1, -0.05) is 38.1 Å². The summed E-state index contributed by atoms with van der Waals surface area (Å²) in [4.78, 5) is 26.2. The van der Waals surface area contributed by atoms with Crippen LogP contribution in [-0.2, 0) is 20.7 Å². The number of hydrogen-bond acceptors (Lipinski definition) is 4. The zero-order valence-electron chi connectivity index (χ0n) is 17.0. The Balaban J connectivity index is 1.45. The molecular weight excluding hydrogens is 368 g/mol. The van der Waals surface area contributed by atoms with Gasteiger partial charge in [-0.15, -0.1) is 0 Å². The summed E-state index contributed by atoms with van der Waals surface area (Å²) in [6.45, 7) is 6.69. The van der Waals surface area contributed by atoms with Crippen molar-refractivity contribution in [1.82, 2.24) is 4.90 Å². The van der Waals surface area contributed by atoms with E-state index in [0.717, 1.165) is 5.56 Å². The van der Waals surface area contributed by atoms with Crippen LogP contribution in [0.5, 0.6) is 5.75 Å². The van der Waals surface area contributed by atoms with Crippen molar-refractivity contribution in [3.63, 3.8) is 0 Å². The largest absolute Gasteiger partial charge is 0.484 e. The Labute approximate surface area is 171 Å². The van der Waals surface area contributed by atoms with E-state index in [-0.39, 0.29) is 18.4 Å². The summed E-state index contributed by atoms with van der Waals surface area (Å²) >= 11 is 0. The number of carbonyl (C=O) groups excluding carboxylic acids is 2. The van der Waals surface area contributed by atoms with Crippen LogP contribution in [0.4, 0.5) is 5.69 Å². The van der Waals surface area contributed by atoms with Crippen molar-refractivity contribution in [2.45, 2.75) is 26.2 Å². The molecule has 0 aliphatic carbocycles. The molecule has 6 nitrogen and oxygen atoms in total. The molecule has 154 valence electrons. The third-order valence-corrected chi connectivity index (χ3v) is 4.87. The van der Waals surface area contributed by atoms with Gasteiger partial charge < -0.3 is 19.7 Å². The third-order valence-electron chi connectivity index (χ3n) is 4.87. The Morgan fingerprint density at radius 3 is 2.31 bits per heavy atom. The Morgan fingerprint density at radius 2 is 1.69 bits per heavy atom. The quantitative estimate of drug-likeness (QED) is 0.780. The summed E-state index contributed by atoms with van der Waals surface area (Å²) < 4.78 is 10.8. The molecule has 1 N–H and O–H groups in total. The van der Waals surface area contributed by atoms with Crippen LogP contribution in [0.2, 0.25) is 0 Å². The number of amides is 2. The maximum Gasteiger partial charge on any atom is 0.262 e. The smallest absolute Gasteiger partial charge is 0.262 e. The molecule has 2 aromatic rings. The van der Waals surface area contributed by atoms with Gasteiger partial charge in [0.05, 0.1) is 19.6 Å². The highest BCUT2D eigenvalue weighted by Gasteiger charge is 2.17. The molecule has 0 spiro atoms. The molecule has 0 bridgehead atoms. The lowest BCUT2D eigenvalue weighted by molar-refractivity contribution is -0.134. The molecule has 1 saturated heterocycles. The number of nitrogens with one attached hydrogen (secondary N) is 1. The highest BCUT2D eigenvalue weighted by atomic mass is 16.5. The predicted molar refractivity (Wildman–Crippen MR) is 112 cm³/mol. The number of nitrogens with zero attached hydrogens (tertiary/aromatic N) is 1. The van der Waals surface area contributed by atoms with Crippen LogP contribution in [0.1, 0.15) is 30.9 Å². The second-order valence-electron chi connectivity index (χ2n) is 7.43. The number of ether oxygens (including phenoxy) is 2. The minimum atomic E-state index is -0.227. The Morgan fingerprint density at radius 1 is 1.03 bits per heavy atom. The van der Waals surface area contributed by atoms with E-state index in [4.69, 9.17) is 9.47 Å². The number of morpholine rings is 1. The van der Waals surface area contributed by atoms with E-state index in [9.17, 15) is 9.59 Å². The number of hydrogen-bond donors (Lipinski definition) is 1. The van der Waals surface area contributed by atoms with Crippen molar-refractivity contribution < 1.29 is 19.1 Å². The zero-order valence-corrected chi connectivity index (χ0v) is 17.0. The average molecular weight is 396 g/mol. The van der Waals surface area contributed by atoms with Crippen molar-refractivity contribution in [3.8, 4) is 5.75 Å². The minimum Gasteiger partial charge on any atom is -0.484 e. The Bertz CT molecular complexity index is 810. The summed E-state index contributed by atoms with van der Waals surface area (Å²) in [5.41, 5.74) is 2.83. The van der Waals surface area contributed by atoms with Crippen LogP contribution >= 0.6 is 0 Å². The number of rotatable bonds is 7. The fourth-order valence-electron chi connectivity index (χ4n) is 3.10. The second-order valence-corrected chi connectivity index (χ2v) is 7.43. The topological polar surface area (TPSA) is 67.9 Å². The van der Waals surface area contributed by atoms with E-state index in [1.807, 2.05) is 41.3 Å². The SMILES string of the molecule is CC(C)c1ccc(OCC(=O)Nc2ccc(CC(=O)N3CCOCC3)cc2)cc1. The fraction of sp³-hybridized carbons (Fsp3) is 0.391. The maximum absolute atomic E-state index is 12.3. The Hall–Kier alpha value is -2.86. The Kier molecular flexibility index (Phi) is 7.25. The van der Waals surface area contributed by atoms with Crippen LogP contribution in [0, 0.1) is 0 Å². The minimum absolute atomic E-state index is 0.0572. The molecule has 3 rings (SSSR count). The second kappa shape index (κ2) is 10.1. The van der Waals surface area contributed by atoms with Crippen LogP contribution in [0.3, 0.4) is 0 Å². The first-order valence-corrected chi connectivity index (χ1v) is 9.98. The number of carbonyl (C=O) groups is 2. The summed E-state index contributed by atoms with van der Waals surface area (Å²) in [5.74, 6) is 0.998. The molecule has 1 heterocycles. The van der Waals surface area contributed by atoms with Crippen LogP contribution < -0.4 is 10.1 Å². The number of anilines is 1. The van der Waals surface area contributed by atoms with Gasteiger partial charge in [0.25, 0.3) is 5.91 Å². The average Bonchev–Trinajstić information content (AvgIpc) is 2.74. The highest BCUT2D eigenvalue weighted by Crippen LogP contribution is 2.18. The van der Waals surface area contributed by atoms with Crippen molar-refractivity contribution in [2.24, 2.45) is 0 Å². The molecule has 2 amide bonds. The van der Waals surface area contributed by atoms with Gasteiger partial charge in [0, 0.05) is 18.8 Å². The molecule has 0 radical (unpaired) electrons. The monoisotopic (exact) mass is 396 g/mol. The third kappa shape index (κ3) is 6.32.